The molecule has 0 aromatic heterocycles. The van der Waals surface area contributed by atoms with Gasteiger partial charge in [0, 0.05) is 16.0 Å². The molecule has 1 aliphatic carbocycles. The number of hydrogen-bond acceptors (Lipinski definition) is 4. The summed E-state index contributed by atoms with van der Waals surface area (Å²) in [6.07, 6.45) is 4.57. The molecule has 4 nitrogen and oxygen atoms in total. The Morgan fingerprint density at radius 2 is 1.65 bits per heavy atom. The van der Waals surface area contributed by atoms with Gasteiger partial charge in [0.25, 0.3) is 0 Å². The van der Waals surface area contributed by atoms with E-state index < -0.39 is 0 Å². The van der Waals surface area contributed by atoms with E-state index >= 15 is 0 Å². The fourth-order valence-corrected chi connectivity index (χ4v) is 3.70. The largest absolute Gasteiger partial charge is 0.411 e. The average molecular weight is 391 g/mol. The third-order valence-corrected chi connectivity index (χ3v) is 5.23. The summed E-state index contributed by atoms with van der Waals surface area (Å²) in [5.41, 5.74) is 5.81. The number of halogens is 2. The van der Waals surface area contributed by atoms with Crippen LogP contribution >= 0.6 is 23.2 Å². The Morgan fingerprint density at radius 1 is 1.04 bits per heavy atom. The second kappa shape index (κ2) is 8.69. The van der Waals surface area contributed by atoms with Crippen molar-refractivity contribution in [2.24, 2.45) is 11.1 Å². The van der Waals surface area contributed by atoms with E-state index in [1.807, 2.05) is 42.5 Å². The lowest BCUT2D eigenvalue weighted by Gasteiger charge is -2.31. The van der Waals surface area contributed by atoms with Crippen molar-refractivity contribution in [1.29, 1.82) is 0 Å². The molecule has 2 atom stereocenters. The summed E-state index contributed by atoms with van der Waals surface area (Å²) in [5.74, 6) is -0.154. The smallest absolute Gasteiger partial charge is 0.0878 e. The van der Waals surface area contributed by atoms with Crippen molar-refractivity contribution in [3.05, 3.63) is 75.3 Å². The molecular formula is C20H20Cl2N2O2. The zero-order valence-corrected chi connectivity index (χ0v) is 15.6. The number of nitrogens with zero attached hydrogens (tertiary/aromatic N) is 1. The summed E-state index contributed by atoms with van der Waals surface area (Å²) < 4.78 is 0. The molecule has 1 saturated carbocycles. The zero-order chi connectivity index (χ0) is 18.5. The maximum Gasteiger partial charge on any atom is 0.0878 e. The van der Waals surface area contributed by atoms with Gasteiger partial charge in [0.05, 0.1) is 11.8 Å². The molecule has 136 valence electrons. The highest BCUT2D eigenvalue weighted by Crippen LogP contribution is 2.36. The van der Waals surface area contributed by atoms with E-state index in [0.29, 0.717) is 15.8 Å². The number of rotatable bonds is 4. The van der Waals surface area contributed by atoms with Crippen LogP contribution in [0.15, 0.2) is 59.3 Å². The van der Waals surface area contributed by atoms with Crippen molar-refractivity contribution in [1.82, 2.24) is 5.48 Å². The highest BCUT2D eigenvalue weighted by Gasteiger charge is 2.32. The summed E-state index contributed by atoms with van der Waals surface area (Å²) in [6, 6.07) is 14.4. The fraction of sp³-hybridized carbons (Fsp3) is 0.250. The Morgan fingerprint density at radius 3 is 2.23 bits per heavy atom. The topological polar surface area (TPSA) is 64.9 Å². The predicted octanol–water partition coefficient (Wildman–Crippen LogP) is 5.73. The van der Waals surface area contributed by atoms with Gasteiger partial charge in [-0.2, -0.15) is 5.48 Å². The first-order chi connectivity index (χ1) is 12.6. The summed E-state index contributed by atoms with van der Waals surface area (Å²) >= 11 is 11.9. The average Bonchev–Trinajstić information content (AvgIpc) is 2.66. The summed E-state index contributed by atoms with van der Waals surface area (Å²) in [5, 5.41) is 24.3. The molecule has 0 amide bonds. The lowest BCUT2D eigenvalue weighted by molar-refractivity contribution is 0.106. The van der Waals surface area contributed by atoms with Gasteiger partial charge in [0.15, 0.2) is 0 Å². The van der Waals surface area contributed by atoms with Gasteiger partial charge in [-0.05, 0) is 66.3 Å². The fourth-order valence-electron chi connectivity index (χ4n) is 3.45. The second-order valence-corrected chi connectivity index (χ2v) is 7.24. The van der Waals surface area contributed by atoms with Crippen LogP contribution in [-0.4, -0.2) is 16.1 Å². The van der Waals surface area contributed by atoms with Gasteiger partial charge in [-0.3, -0.25) is 0 Å². The van der Waals surface area contributed by atoms with Gasteiger partial charge in [0.2, 0.25) is 0 Å². The molecular weight excluding hydrogens is 371 g/mol. The van der Waals surface area contributed by atoms with Gasteiger partial charge < -0.3 is 10.4 Å². The van der Waals surface area contributed by atoms with Crippen LogP contribution in [-0.2, 0) is 0 Å². The van der Waals surface area contributed by atoms with Crippen molar-refractivity contribution < 1.29 is 10.4 Å². The van der Waals surface area contributed by atoms with E-state index in [1.165, 1.54) is 0 Å². The number of hydrogen-bond donors (Lipinski definition) is 3. The number of nitrogens with one attached hydrogen (secondary N) is 1. The third kappa shape index (κ3) is 4.27. The second-order valence-electron chi connectivity index (χ2n) is 6.36. The van der Waals surface area contributed by atoms with Gasteiger partial charge in [0.1, 0.15) is 0 Å². The van der Waals surface area contributed by atoms with Gasteiger partial charge in [-0.15, -0.1) is 0 Å². The molecule has 0 spiro atoms. The van der Waals surface area contributed by atoms with E-state index in [1.54, 1.807) is 12.1 Å². The standard InChI is InChI=1S/C20H20Cl2N2O2/c21-16-8-4-13(5-9-16)12-15-2-1-3-18(20(15)24-26)19(23-25)14-6-10-17(22)11-7-14/h4-12,18-19,23,25-26H,1-3H2/b15-12+,24-20+. The Hall–Kier alpha value is -1.85. The van der Waals surface area contributed by atoms with Crippen LogP contribution in [0.4, 0.5) is 0 Å². The van der Waals surface area contributed by atoms with E-state index in [2.05, 4.69) is 10.6 Å². The molecule has 0 bridgehead atoms. The van der Waals surface area contributed by atoms with Crippen LogP contribution in [0.2, 0.25) is 10.0 Å². The predicted molar refractivity (Wildman–Crippen MR) is 105 cm³/mol. The number of oxime groups is 1. The molecule has 3 N–H and O–H groups in total. The van der Waals surface area contributed by atoms with E-state index in [4.69, 9.17) is 23.2 Å². The number of allylic oxidation sites excluding steroid dienone is 1. The SMILES string of the molecule is O/N=C1\C(=C\c2ccc(Cl)cc2)CCCC1C(NO)c1ccc(Cl)cc1. The van der Waals surface area contributed by atoms with Gasteiger partial charge in [-0.1, -0.05) is 52.6 Å². The highest BCUT2D eigenvalue weighted by molar-refractivity contribution is 6.30. The lowest BCUT2D eigenvalue weighted by Crippen LogP contribution is -2.34. The summed E-state index contributed by atoms with van der Waals surface area (Å²) in [6.45, 7) is 0. The number of benzene rings is 2. The minimum Gasteiger partial charge on any atom is -0.411 e. The lowest BCUT2D eigenvalue weighted by atomic mass is 9.77. The molecule has 2 unspecified atom stereocenters. The Kier molecular flexibility index (Phi) is 6.33. The van der Waals surface area contributed by atoms with Crippen molar-refractivity contribution in [3.63, 3.8) is 0 Å². The zero-order valence-electron chi connectivity index (χ0n) is 14.1. The van der Waals surface area contributed by atoms with Crippen LogP contribution in [0.1, 0.15) is 36.4 Å². The van der Waals surface area contributed by atoms with Crippen molar-refractivity contribution in [3.8, 4) is 0 Å². The number of hydroxylamine groups is 1. The van der Waals surface area contributed by atoms with E-state index in [-0.39, 0.29) is 12.0 Å². The first kappa shape index (κ1) is 18.9. The third-order valence-electron chi connectivity index (χ3n) is 4.73. The minimum atomic E-state index is -0.382. The molecule has 6 heteroatoms. The van der Waals surface area contributed by atoms with Crippen LogP contribution in [0.3, 0.4) is 0 Å². The van der Waals surface area contributed by atoms with Crippen molar-refractivity contribution in [2.45, 2.75) is 25.3 Å². The first-order valence-electron chi connectivity index (χ1n) is 8.46. The highest BCUT2D eigenvalue weighted by atomic mass is 35.5. The summed E-state index contributed by atoms with van der Waals surface area (Å²) in [4.78, 5) is 0. The van der Waals surface area contributed by atoms with Crippen LogP contribution < -0.4 is 5.48 Å². The maximum absolute atomic E-state index is 9.77. The monoisotopic (exact) mass is 390 g/mol. The normalized spacial score (nSPS) is 21.9. The Bertz CT molecular complexity index is 802. The van der Waals surface area contributed by atoms with Crippen molar-refractivity contribution >= 4 is 35.0 Å². The molecule has 1 fully saturated rings. The van der Waals surface area contributed by atoms with E-state index in [0.717, 1.165) is 36.0 Å². The van der Waals surface area contributed by atoms with Crippen LogP contribution in [0.25, 0.3) is 6.08 Å². The van der Waals surface area contributed by atoms with Crippen LogP contribution in [0.5, 0.6) is 0 Å². The molecule has 3 rings (SSSR count). The Balaban J connectivity index is 1.91. The van der Waals surface area contributed by atoms with Gasteiger partial charge in [-0.25, -0.2) is 0 Å². The first-order valence-corrected chi connectivity index (χ1v) is 9.21. The molecule has 0 radical (unpaired) electrons. The summed E-state index contributed by atoms with van der Waals surface area (Å²) in [7, 11) is 0. The van der Waals surface area contributed by atoms with Crippen LogP contribution in [0, 0.1) is 5.92 Å². The minimum absolute atomic E-state index is 0.154. The quantitative estimate of drug-likeness (QED) is 0.461. The molecule has 0 aliphatic heterocycles. The molecule has 0 saturated heterocycles. The molecule has 1 aliphatic rings. The van der Waals surface area contributed by atoms with Gasteiger partial charge >= 0.3 is 0 Å². The Labute approximate surface area is 162 Å². The molecule has 26 heavy (non-hydrogen) atoms. The molecule has 2 aromatic rings. The molecule has 2 aromatic carbocycles. The van der Waals surface area contributed by atoms with E-state index in [9.17, 15) is 10.4 Å². The van der Waals surface area contributed by atoms with Crippen molar-refractivity contribution in [2.75, 3.05) is 0 Å². The molecule has 0 heterocycles. The maximum atomic E-state index is 9.77.